The lowest BCUT2D eigenvalue weighted by atomic mass is 10.2. The van der Waals surface area contributed by atoms with Crippen molar-refractivity contribution in [3.63, 3.8) is 0 Å². The molecule has 0 saturated heterocycles. The minimum absolute atomic E-state index is 0.0252. The van der Waals surface area contributed by atoms with E-state index in [1.54, 1.807) is 19.1 Å². The van der Waals surface area contributed by atoms with Gasteiger partial charge in [-0.15, -0.1) is 0 Å². The predicted octanol–water partition coefficient (Wildman–Crippen LogP) is 2.01. The summed E-state index contributed by atoms with van der Waals surface area (Å²) in [6, 6.07) is 4.78. The van der Waals surface area contributed by atoms with E-state index < -0.39 is 15.8 Å². The van der Waals surface area contributed by atoms with Gasteiger partial charge in [-0.2, -0.15) is 0 Å². The monoisotopic (exact) mass is 349 g/mol. The number of sulfone groups is 1. The molecule has 1 rings (SSSR count). The van der Waals surface area contributed by atoms with Gasteiger partial charge in [0.2, 0.25) is 0 Å². The summed E-state index contributed by atoms with van der Waals surface area (Å²) in [6.45, 7) is 1.66. The quantitative estimate of drug-likeness (QED) is 0.482. The van der Waals surface area contributed by atoms with Crippen molar-refractivity contribution >= 4 is 37.4 Å². The Hall–Kier alpha value is -1.08. The van der Waals surface area contributed by atoms with Gasteiger partial charge in [0, 0.05) is 15.9 Å². The highest BCUT2D eigenvalue weighted by Crippen LogP contribution is 2.18. The fourth-order valence-corrected chi connectivity index (χ4v) is 2.76. The van der Waals surface area contributed by atoms with Crippen LogP contribution in [0.2, 0.25) is 0 Å². The van der Waals surface area contributed by atoms with Crippen LogP contribution in [0, 0.1) is 0 Å². The van der Waals surface area contributed by atoms with Gasteiger partial charge in [0.25, 0.3) is 0 Å². The van der Waals surface area contributed by atoms with Crippen LogP contribution in [0.15, 0.2) is 22.7 Å². The van der Waals surface area contributed by atoms with Gasteiger partial charge in [-0.1, -0.05) is 22.9 Å². The minimum atomic E-state index is -3.01. The molecular weight excluding hydrogens is 334 g/mol. The Kier molecular flexibility index (Phi) is 5.81. The third-order valence-electron chi connectivity index (χ3n) is 2.43. The smallest absolute Gasteiger partial charge is 0.338 e. The SMILES string of the molecule is CCS(=O)(=O)CCCOC(=O)c1cc(N)cc(Br)c1. The number of hydrogen-bond donors (Lipinski definition) is 1. The van der Waals surface area contributed by atoms with E-state index in [1.807, 2.05) is 0 Å². The summed E-state index contributed by atoms with van der Waals surface area (Å²) in [5.41, 5.74) is 6.40. The number of rotatable bonds is 6. The Balaban J connectivity index is 2.48. The molecule has 0 heterocycles. The van der Waals surface area contributed by atoms with E-state index in [0.29, 0.717) is 22.1 Å². The molecule has 0 fully saturated rings. The van der Waals surface area contributed by atoms with Crippen molar-refractivity contribution in [1.29, 1.82) is 0 Å². The van der Waals surface area contributed by atoms with Crippen LogP contribution in [0.25, 0.3) is 0 Å². The number of halogens is 1. The molecule has 0 atom stereocenters. The van der Waals surface area contributed by atoms with E-state index in [2.05, 4.69) is 15.9 Å². The molecule has 0 amide bonds. The number of esters is 1. The van der Waals surface area contributed by atoms with Gasteiger partial charge >= 0.3 is 5.97 Å². The summed E-state index contributed by atoms with van der Waals surface area (Å²) in [5, 5.41) is 0. The number of hydrogen-bond acceptors (Lipinski definition) is 5. The lowest BCUT2D eigenvalue weighted by molar-refractivity contribution is 0.0505. The summed E-state index contributed by atoms with van der Waals surface area (Å²) >= 11 is 3.23. The van der Waals surface area contributed by atoms with Gasteiger partial charge in [-0.05, 0) is 24.6 Å². The Morgan fingerprint density at radius 1 is 1.37 bits per heavy atom. The fourth-order valence-electron chi connectivity index (χ4n) is 1.40. The first kappa shape index (κ1) is 16.0. The lowest BCUT2D eigenvalue weighted by Gasteiger charge is -2.06. The van der Waals surface area contributed by atoms with Crippen LogP contribution in [0.3, 0.4) is 0 Å². The number of benzene rings is 1. The van der Waals surface area contributed by atoms with E-state index in [4.69, 9.17) is 10.5 Å². The van der Waals surface area contributed by atoms with E-state index in [0.717, 1.165) is 0 Å². The fraction of sp³-hybridized carbons (Fsp3) is 0.417. The highest BCUT2D eigenvalue weighted by atomic mass is 79.9. The normalized spacial score (nSPS) is 11.3. The largest absolute Gasteiger partial charge is 0.462 e. The molecule has 5 nitrogen and oxygen atoms in total. The maximum absolute atomic E-state index is 11.7. The van der Waals surface area contributed by atoms with E-state index >= 15 is 0 Å². The van der Waals surface area contributed by atoms with Crippen LogP contribution in [0.1, 0.15) is 23.7 Å². The maximum Gasteiger partial charge on any atom is 0.338 e. The van der Waals surface area contributed by atoms with Crippen molar-refractivity contribution in [2.75, 3.05) is 23.8 Å². The summed E-state index contributed by atoms with van der Waals surface area (Å²) < 4.78 is 28.2. The highest BCUT2D eigenvalue weighted by Gasteiger charge is 2.11. The first-order chi connectivity index (χ1) is 8.84. The number of nitrogens with two attached hydrogens (primary N) is 1. The zero-order chi connectivity index (χ0) is 14.5. The summed E-state index contributed by atoms with van der Waals surface area (Å²) in [6.07, 6.45) is 0.297. The van der Waals surface area contributed by atoms with Crippen molar-refractivity contribution in [2.24, 2.45) is 0 Å². The molecule has 0 saturated carbocycles. The lowest BCUT2D eigenvalue weighted by Crippen LogP contribution is -2.13. The van der Waals surface area contributed by atoms with E-state index in [1.165, 1.54) is 6.07 Å². The second kappa shape index (κ2) is 6.91. The topological polar surface area (TPSA) is 86.5 Å². The molecule has 7 heteroatoms. The van der Waals surface area contributed by atoms with Crippen LogP contribution >= 0.6 is 15.9 Å². The van der Waals surface area contributed by atoms with Gasteiger partial charge < -0.3 is 10.5 Å². The van der Waals surface area contributed by atoms with Crippen LogP contribution in [0.4, 0.5) is 5.69 Å². The van der Waals surface area contributed by atoms with Crippen molar-refractivity contribution in [1.82, 2.24) is 0 Å². The average Bonchev–Trinajstić information content (AvgIpc) is 2.33. The van der Waals surface area contributed by atoms with Gasteiger partial charge in [-0.3, -0.25) is 0 Å². The standard InChI is InChI=1S/C12H16BrNO4S/c1-2-19(16,17)5-3-4-18-12(15)9-6-10(13)8-11(14)7-9/h6-8H,2-5,14H2,1H3. The predicted molar refractivity (Wildman–Crippen MR) is 77.8 cm³/mol. The molecule has 0 aliphatic rings. The average molecular weight is 350 g/mol. The van der Waals surface area contributed by atoms with Crippen LogP contribution in [-0.2, 0) is 14.6 Å². The molecular formula is C12H16BrNO4S. The molecule has 19 heavy (non-hydrogen) atoms. The van der Waals surface area contributed by atoms with Gasteiger partial charge in [0.05, 0.1) is 17.9 Å². The molecule has 106 valence electrons. The van der Waals surface area contributed by atoms with Crippen LogP contribution in [0.5, 0.6) is 0 Å². The second-order valence-electron chi connectivity index (χ2n) is 4.00. The molecule has 0 aliphatic carbocycles. The van der Waals surface area contributed by atoms with Gasteiger partial charge in [0.15, 0.2) is 0 Å². The molecule has 0 radical (unpaired) electrons. The van der Waals surface area contributed by atoms with Crippen molar-refractivity contribution in [3.8, 4) is 0 Å². The second-order valence-corrected chi connectivity index (χ2v) is 7.39. The molecule has 1 aromatic carbocycles. The third kappa shape index (κ3) is 5.61. The number of anilines is 1. The first-order valence-electron chi connectivity index (χ1n) is 5.77. The molecule has 2 N–H and O–H groups in total. The Morgan fingerprint density at radius 3 is 2.63 bits per heavy atom. The molecule has 0 bridgehead atoms. The van der Waals surface area contributed by atoms with Crippen molar-refractivity contribution < 1.29 is 17.9 Å². The van der Waals surface area contributed by atoms with E-state index in [-0.39, 0.29) is 18.1 Å². The Morgan fingerprint density at radius 2 is 2.05 bits per heavy atom. The first-order valence-corrected chi connectivity index (χ1v) is 8.39. The van der Waals surface area contributed by atoms with Gasteiger partial charge in [-0.25, -0.2) is 13.2 Å². The maximum atomic E-state index is 11.7. The number of ether oxygens (including phenoxy) is 1. The Labute approximate surface area is 121 Å². The minimum Gasteiger partial charge on any atom is -0.462 e. The van der Waals surface area contributed by atoms with Crippen molar-refractivity contribution in [3.05, 3.63) is 28.2 Å². The van der Waals surface area contributed by atoms with E-state index in [9.17, 15) is 13.2 Å². The molecule has 0 aliphatic heterocycles. The zero-order valence-electron chi connectivity index (χ0n) is 10.6. The van der Waals surface area contributed by atoms with Crippen LogP contribution < -0.4 is 5.73 Å². The Bertz CT molecular complexity index is 537. The molecule has 0 aromatic heterocycles. The number of carbonyl (C=O) groups is 1. The van der Waals surface area contributed by atoms with Crippen LogP contribution in [-0.4, -0.2) is 32.5 Å². The molecule has 0 unspecified atom stereocenters. The van der Waals surface area contributed by atoms with Crippen molar-refractivity contribution in [2.45, 2.75) is 13.3 Å². The summed E-state index contributed by atoms with van der Waals surface area (Å²) in [7, 11) is -3.01. The molecule has 0 spiro atoms. The molecule has 1 aromatic rings. The number of nitrogen functional groups attached to an aromatic ring is 1. The zero-order valence-corrected chi connectivity index (χ0v) is 13.0. The third-order valence-corrected chi connectivity index (χ3v) is 4.68. The summed E-state index contributed by atoms with van der Waals surface area (Å²) in [4.78, 5) is 11.7. The highest BCUT2D eigenvalue weighted by molar-refractivity contribution is 9.10. The van der Waals surface area contributed by atoms with Gasteiger partial charge in [0.1, 0.15) is 9.84 Å². The summed E-state index contributed by atoms with van der Waals surface area (Å²) in [5.74, 6) is -0.387. The number of carbonyl (C=O) groups excluding carboxylic acids is 1.